The summed E-state index contributed by atoms with van der Waals surface area (Å²) in [7, 11) is 0. The van der Waals surface area contributed by atoms with Crippen LogP contribution in [0.4, 0.5) is 0 Å². The van der Waals surface area contributed by atoms with Crippen LogP contribution < -0.4 is 11.4 Å². The van der Waals surface area contributed by atoms with Crippen molar-refractivity contribution in [3.63, 3.8) is 0 Å². The van der Waals surface area contributed by atoms with Crippen LogP contribution in [-0.2, 0) is 0 Å². The lowest BCUT2D eigenvalue weighted by Gasteiger charge is -2.10. The van der Waals surface area contributed by atoms with Crippen molar-refractivity contribution in [3.8, 4) is 0 Å². The Morgan fingerprint density at radius 2 is 2.06 bits per heavy atom. The van der Waals surface area contributed by atoms with Crippen LogP contribution in [0.15, 0.2) is 23.0 Å². The van der Waals surface area contributed by atoms with E-state index in [0.29, 0.717) is 23.1 Å². The molecule has 1 aromatic carbocycles. The maximum atomic E-state index is 12.1. The van der Waals surface area contributed by atoms with Gasteiger partial charge in [-0.25, -0.2) is 4.79 Å². The average molecular weight is 233 g/mol. The standard InChI is InChI=1S/C12H15N3O2/c1-2-7(6-13)11(16)8-3-4-9-10(5-8)15-12(17)14-9/h3-5,7H,2,6,13H2,1H3,(H2,14,15,17). The zero-order valence-electron chi connectivity index (χ0n) is 9.62. The van der Waals surface area contributed by atoms with Gasteiger partial charge >= 0.3 is 5.69 Å². The Labute approximate surface area is 98.0 Å². The summed E-state index contributed by atoms with van der Waals surface area (Å²) in [5, 5.41) is 0. The van der Waals surface area contributed by atoms with Crippen molar-refractivity contribution < 1.29 is 4.79 Å². The van der Waals surface area contributed by atoms with E-state index < -0.39 is 0 Å². The van der Waals surface area contributed by atoms with Crippen LogP contribution in [0.25, 0.3) is 11.0 Å². The number of nitrogens with one attached hydrogen (secondary N) is 2. The highest BCUT2D eigenvalue weighted by Gasteiger charge is 2.17. The number of rotatable bonds is 4. The van der Waals surface area contributed by atoms with Crippen LogP contribution in [0.1, 0.15) is 23.7 Å². The fourth-order valence-corrected chi connectivity index (χ4v) is 1.88. The Kier molecular flexibility index (Phi) is 3.10. The first-order chi connectivity index (χ1) is 8.15. The molecule has 1 atom stereocenters. The highest BCUT2D eigenvalue weighted by Crippen LogP contribution is 2.15. The lowest BCUT2D eigenvalue weighted by atomic mass is 9.95. The molecule has 1 unspecified atom stereocenters. The number of benzene rings is 1. The van der Waals surface area contributed by atoms with Gasteiger partial charge in [-0.1, -0.05) is 6.92 Å². The highest BCUT2D eigenvalue weighted by molar-refractivity contribution is 6.00. The van der Waals surface area contributed by atoms with Gasteiger partial charge in [0.15, 0.2) is 5.78 Å². The molecule has 0 amide bonds. The van der Waals surface area contributed by atoms with Gasteiger partial charge in [0, 0.05) is 18.0 Å². The summed E-state index contributed by atoms with van der Waals surface area (Å²) in [6.45, 7) is 2.28. The number of nitrogens with two attached hydrogens (primary N) is 1. The number of fused-ring (bicyclic) bond motifs is 1. The van der Waals surface area contributed by atoms with E-state index in [0.717, 1.165) is 6.42 Å². The quantitative estimate of drug-likeness (QED) is 0.688. The molecule has 0 saturated carbocycles. The molecule has 4 N–H and O–H groups in total. The first-order valence-electron chi connectivity index (χ1n) is 5.62. The molecular weight excluding hydrogens is 218 g/mol. The molecule has 2 aromatic rings. The van der Waals surface area contributed by atoms with E-state index in [-0.39, 0.29) is 17.4 Å². The molecule has 0 fully saturated rings. The van der Waals surface area contributed by atoms with Gasteiger partial charge in [0.05, 0.1) is 11.0 Å². The molecule has 0 radical (unpaired) electrons. The lowest BCUT2D eigenvalue weighted by Crippen LogP contribution is -2.23. The minimum atomic E-state index is -0.268. The summed E-state index contributed by atoms with van der Waals surface area (Å²) in [5.41, 5.74) is 7.22. The van der Waals surface area contributed by atoms with E-state index in [1.54, 1.807) is 18.2 Å². The van der Waals surface area contributed by atoms with E-state index >= 15 is 0 Å². The molecule has 0 bridgehead atoms. The highest BCUT2D eigenvalue weighted by atomic mass is 16.1. The van der Waals surface area contributed by atoms with Crippen molar-refractivity contribution in [2.45, 2.75) is 13.3 Å². The van der Waals surface area contributed by atoms with Crippen molar-refractivity contribution in [3.05, 3.63) is 34.2 Å². The largest absolute Gasteiger partial charge is 0.330 e. The number of ketones is 1. The molecule has 0 aliphatic carbocycles. The summed E-state index contributed by atoms with van der Waals surface area (Å²) in [4.78, 5) is 28.4. The third-order valence-corrected chi connectivity index (χ3v) is 2.95. The summed E-state index contributed by atoms with van der Waals surface area (Å²) in [5.74, 6) is -0.128. The fourth-order valence-electron chi connectivity index (χ4n) is 1.88. The fraction of sp³-hybridized carbons (Fsp3) is 0.333. The summed E-state index contributed by atoms with van der Waals surface area (Å²) >= 11 is 0. The molecule has 2 rings (SSSR count). The number of imidazole rings is 1. The second-order valence-electron chi connectivity index (χ2n) is 4.04. The van der Waals surface area contributed by atoms with E-state index in [2.05, 4.69) is 9.97 Å². The van der Waals surface area contributed by atoms with Gasteiger partial charge in [0.2, 0.25) is 0 Å². The minimum Gasteiger partial charge on any atom is -0.330 e. The Morgan fingerprint density at radius 1 is 1.35 bits per heavy atom. The number of Topliss-reactive ketones (excluding diaryl/α,β-unsaturated/α-hetero) is 1. The van der Waals surface area contributed by atoms with Gasteiger partial charge in [-0.3, -0.25) is 4.79 Å². The summed E-state index contributed by atoms with van der Waals surface area (Å²) < 4.78 is 0. The summed E-state index contributed by atoms with van der Waals surface area (Å²) in [6, 6.07) is 5.13. The van der Waals surface area contributed by atoms with Crippen molar-refractivity contribution in [1.82, 2.24) is 9.97 Å². The lowest BCUT2D eigenvalue weighted by molar-refractivity contribution is 0.0921. The smallest absolute Gasteiger partial charge is 0.323 e. The molecule has 17 heavy (non-hydrogen) atoms. The number of aromatic nitrogens is 2. The number of hydrogen-bond donors (Lipinski definition) is 3. The van der Waals surface area contributed by atoms with Crippen molar-refractivity contribution >= 4 is 16.8 Å². The first-order valence-corrected chi connectivity index (χ1v) is 5.62. The maximum Gasteiger partial charge on any atom is 0.323 e. The van der Waals surface area contributed by atoms with E-state index in [9.17, 15) is 9.59 Å². The van der Waals surface area contributed by atoms with Gasteiger partial charge < -0.3 is 15.7 Å². The van der Waals surface area contributed by atoms with E-state index in [1.807, 2.05) is 6.92 Å². The van der Waals surface area contributed by atoms with E-state index in [1.165, 1.54) is 0 Å². The number of H-pyrrole nitrogens is 2. The second-order valence-corrected chi connectivity index (χ2v) is 4.04. The van der Waals surface area contributed by atoms with Gasteiger partial charge in [0.1, 0.15) is 0 Å². The van der Waals surface area contributed by atoms with E-state index in [4.69, 9.17) is 5.73 Å². The SMILES string of the molecule is CCC(CN)C(=O)c1ccc2[nH]c(=O)[nH]c2c1. The topological polar surface area (TPSA) is 91.7 Å². The van der Waals surface area contributed by atoms with Gasteiger partial charge in [0.25, 0.3) is 0 Å². The van der Waals surface area contributed by atoms with Crippen LogP contribution in [-0.4, -0.2) is 22.3 Å². The van der Waals surface area contributed by atoms with Gasteiger partial charge in [-0.05, 0) is 24.6 Å². The molecule has 1 heterocycles. The maximum absolute atomic E-state index is 12.1. The molecule has 90 valence electrons. The van der Waals surface area contributed by atoms with Crippen LogP contribution in [0, 0.1) is 5.92 Å². The Morgan fingerprint density at radius 3 is 2.71 bits per heavy atom. The van der Waals surface area contributed by atoms with Crippen LogP contribution in [0.3, 0.4) is 0 Å². The molecule has 0 aliphatic rings. The zero-order chi connectivity index (χ0) is 12.4. The molecule has 1 aromatic heterocycles. The summed E-state index contributed by atoms with van der Waals surface area (Å²) in [6.07, 6.45) is 0.719. The number of hydrogen-bond acceptors (Lipinski definition) is 3. The predicted molar refractivity (Wildman–Crippen MR) is 66.1 cm³/mol. The Hall–Kier alpha value is -1.88. The van der Waals surface area contributed by atoms with Gasteiger partial charge in [-0.15, -0.1) is 0 Å². The molecule has 5 heteroatoms. The minimum absolute atomic E-state index is 0.0268. The first kappa shape index (κ1) is 11.6. The van der Waals surface area contributed by atoms with Crippen LogP contribution in [0.2, 0.25) is 0 Å². The number of aromatic amines is 2. The third kappa shape index (κ3) is 2.14. The predicted octanol–water partition coefficient (Wildman–Crippen LogP) is 1.02. The third-order valence-electron chi connectivity index (χ3n) is 2.95. The monoisotopic (exact) mass is 233 g/mol. The van der Waals surface area contributed by atoms with Crippen LogP contribution in [0.5, 0.6) is 0 Å². The Balaban J connectivity index is 2.42. The van der Waals surface area contributed by atoms with Crippen LogP contribution >= 0.6 is 0 Å². The zero-order valence-corrected chi connectivity index (χ0v) is 9.62. The molecule has 0 spiro atoms. The van der Waals surface area contributed by atoms with Crippen molar-refractivity contribution in [2.24, 2.45) is 11.7 Å². The molecule has 5 nitrogen and oxygen atoms in total. The van der Waals surface area contributed by atoms with Crippen molar-refractivity contribution in [1.29, 1.82) is 0 Å². The van der Waals surface area contributed by atoms with Crippen molar-refractivity contribution in [2.75, 3.05) is 6.54 Å². The normalized spacial score (nSPS) is 12.8. The molecular formula is C12H15N3O2. The molecule has 0 saturated heterocycles. The number of carbonyl (C=O) groups excluding carboxylic acids is 1. The molecule has 0 aliphatic heterocycles. The number of carbonyl (C=O) groups is 1. The van der Waals surface area contributed by atoms with Gasteiger partial charge in [-0.2, -0.15) is 0 Å². The Bertz CT molecular complexity index is 593. The average Bonchev–Trinajstić information content (AvgIpc) is 2.69. The second kappa shape index (κ2) is 4.55.